The van der Waals surface area contributed by atoms with Crippen molar-refractivity contribution in [2.24, 2.45) is 7.05 Å². The second-order valence-electron chi connectivity index (χ2n) is 12.1. The molecule has 0 N–H and O–H groups in total. The molecule has 1 saturated carbocycles. The highest BCUT2D eigenvalue weighted by Gasteiger charge is 2.51. The van der Waals surface area contributed by atoms with Gasteiger partial charge in [-0.1, -0.05) is 45.0 Å². The van der Waals surface area contributed by atoms with Crippen molar-refractivity contribution >= 4 is 20.1 Å². The minimum Gasteiger partial charge on any atom is -0.415 e. The zero-order valence-corrected chi connectivity index (χ0v) is 24.1. The molecule has 1 aliphatic carbocycles. The van der Waals surface area contributed by atoms with E-state index in [-0.39, 0.29) is 15.2 Å². The van der Waals surface area contributed by atoms with Gasteiger partial charge in [-0.15, -0.1) is 10.2 Å². The summed E-state index contributed by atoms with van der Waals surface area (Å²) in [5.41, 5.74) is 3.67. The molecule has 1 fully saturated rings. The van der Waals surface area contributed by atoms with Gasteiger partial charge >= 0.3 is 0 Å². The standard InChI is InChI=1S/C27H39N5OSSi/c1-25(2,3)35(6,7)33-19-26(4)18-23-29-30-24(32(23)16-17-34-26)27(13-14-27)21-10-8-20(9-11-21)22-12-15-28-31(22)5/h8-12,15H,13-14,16-19H2,1-7H3. The predicted molar refractivity (Wildman–Crippen MR) is 146 cm³/mol. The zero-order valence-electron chi connectivity index (χ0n) is 22.3. The maximum Gasteiger partial charge on any atom is 0.192 e. The van der Waals surface area contributed by atoms with Gasteiger partial charge in [-0.05, 0) is 55.1 Å². The van der Waals surface area contributed by atoms with Gasteiger partial charge in [-0.25, -0.2) is 0 Å². The first-order chi connectivity index (χ1) is 16.4. The fourth-order valence-corrected chi connectivity index (χ4v) is 7.21. The van der Waals surface area contributed by atoms with Gasteiger partial charge in [0.1, 0.15) is 11.6 Å². The van der Waals surface area contributed by atoms with E-state index in [0.717, 1.165) is 55.5 Å². The molecule has 0 amide bonds. The first kappa shape index (κ1) is 24.8. The highest BCUT2D eigenvalue weighted by Crippen LogP contribution is 2.53. The van der Waals surface area contributed by atoms with Gasteiger partial charge in [0, 0.05) is 43.3 Å². The largest absolute Gasteiger partial charge is 0.415 e. The number of thioether (sulfide) groups is 1. The molecule has 3 aromatic rings. The van der Waals surface area contributed by atoms with Gasteiger partial charge in [-0.2, -0.15) is 16.9 Å². The number of rotatable bonds is 6. The molecule has 2 aromatic heterocycles. The molecule has 5 rings (SSSR count). The quantitative estimate of drug-likeness (QED) is 0.391. The Balaban J connectivity index is 1.37. The van der Waals surface area contributed by atoms with E-state index in [2.05, 4.69) is 80.8 Å². The highest BCUT2D eigenvalue weighted by molar-refractivity contribution is 8.00. The summed E-state index contributed by atoms with van der Waals surface area (Å²) in [5, 5.41) is 14.1. The molecule has 0 bridgehead atoms. The maximum absolute atomic E-state index is 6.67. The molecule has 0 spiro atoms. The van der Waals surface area contributed by atoms with Crippen molar-refractivity contribution in [1.82, 2.24) is 24.5 Å². The molecule has 0 radical (unpaired) electrons. The van der Waals surface area contributed by atoms with Crippen molar-refractivity contribution in [3.63, 3.8) is 0 Å². The van der Waals surface area contributed by atoms with E-state index in [1.807, 2.05) is 29.7 Å². The summed E-state index contributed by atoms with van der Waals surface area (Å²) in [7, 11) is 0.194. The smallest absolute Gasteiger partial charge is 0.192 e. The Kier molecular flexibility index (Phi) is 6.08. The van der Waals surface area contributed by atoms with E-state index in [1.165, 1.54) is 11.1 Å². The summed E-state index contributed by atoms with van der Waals surface area (Å²) < 4.78 is 11.0. The summed E-state index contributed by atoms with van der Waals surface area (Å²) in [4.78, 5) is 0. The lowest BCUT2D eigenvalue weighted by Crippen LogP contribution is -2.45. The van der Waals surface area contributed by atoms with Crippen LogP contribution in [0.1, 0.15) is 57.7 Å². The second kappa shape index (κ2) is 8.59. The summed E-state index contributed by atoms with van der Waals surface area (Å²) in [6, 6.07) is 11.1. The molecule has 188 valence electrons. The first-order valence-corrected chi connectivity index (χ1v) is 16.6. The summed E-state index contributed by atoms with van der Waals surface area (Å²) >= 11 is 2.04. The highest BCUT2D eigenvalue weighted by atomic mass is 32.2. The van der Waals surface area contributed by atoms with Crippen LogP contribution in [-0.4, -0.2) is 50.0 Å². The number of fused-ring (bicyclic) bond motifs is 1. The Hall–Kier alpha value is -1.90. The lowest BCUT2D eigenvalue weighted by molar-refractivity contribution is 0.252. The van der Waals surface area contributed by atoms with Crippen LogP contribution in [0.2, 0.25) is 18.1 Å². The number of aromatic nitrogens is 5. The summed E-state index contributed by atoms with van der Waals surface area (Å²) in [5.74, 6) is 3.32. The van der Waals surface area contributed by atoms with E-state index >= 15 is 0 Å². The Labute approximate surface area is 215 Å². The lowest BCUT2D eigenvalue weighted by atomic mass is 9.93. The average Bonchev–Trinajstić information content (AvgIpc) is 3.40. The van der Waals surface area contributed by atoms with Gasteiger partial charge < -0.3 is 8.99 Å². The van der Waals surface area contributed by atoms with Gasteiger partial charge in [0.2, 0.25) is 0 Å². The van der Waals surface area contributed by atoms with E-state index < -0.39 is 8.32 Å². The topological polar surface area (TPSA) is 57.8 Å². The van der Waals surface area contributed by atoms with Crippen molar-refractivity contribution in [2.75, 3.05) is 12.4 Å². The normalized spacial score (nSPS) is 22.0. The number of hydrogen-bond acceptors (Lipinski definition) is 5. The molecular formula is C27H39N5OSSi. The number of nitrogens with zero attached hydrogens (tertiary/aromatic N) is 5. The fourth-order valence-electron chi connectivity index (χ4n) is 4.85. The fraction of sp³-hybridized carbons (Fsp3) is 0.593. The van der Waals surface area contributed by atoms with Gasteiger partial charge in [0.05, 0.1) is 11.1 Å². The lowest BCUT2D eigenvalue weighted by Gasteiger charge is -2.39. The second-order valence-corrected chi connectivity index (χ2v) is 18.6. The van der Waals surface area contributed by atoms with Gasteiger partial charge in [0.15, 0.2) is 8.32 Å². The number of aryl methyl sites for hydroxylation is 1. The third-order valence-electron chi connectivity index (χ3n) is 8.40. The summed E-state index contributed by atoms with van der Waals surface area (Å²) in [6.07, 6.45) is 5.01. The third kappa shape index (κ3) is 4.53. The van der Waals surface area contributed by atoms with Crippen molar-refractivity contribution < 1.29 is 4.43 Å². The van der Waals surface area contributed by atoms with E-state index in [1.54, 1.807) is 0 Å². The van der Waals surface area contributed by atoms with Crippen LogP contribution < -0.4 is 0 Å². The zero-order chi connectivity index (χ0) is 25.1. The molecule has 1 aromatic carbocycles. The molecule has 6 nitrogen and oxygen atoms in total. The van der Waals surface area contributed by atoms with E-state index in [9.17, 15) is 0 Å². The van der Waals surface area contributed by atoms with Gasteiger partial charge in [-0.3, -0.25) is 4.68 Å². The molecule has 0 saturated heterocycles. The van der Waals surface area contributed by atoms with Crippen molar-refractivity contribution in [3.05, 3.63) is 53.7 Å². The Bertz CT molecular complexity index is 1210. The molecule has 2 aliphatic rings. The molecule has 8 heteroatoms. The molecule has 1 unspecified atom stereocenters. The van der Waals surface area contributed by atoms with Crippen LogP contribution in [0.4, 0.5) is 0 Å². The summed E-state index contributed by atoms with van der Waals surface area (Å²) in [6.45, 7) is 15.7. The molecule has 1 atom stereocenters. The molecular weight excluding hydrogens is 470 g/mol. The van der Waals surface area contributed by atoms with Crippen molar-refractivity contribution in [3.8, 4) is 11.3 Å². The molecule has 1 aliphatic heterocycles. The van der Waals surface area contributed by atoms with Crippen LogP contribution in [0.3, 0.4) is 0 Å². The third-order valence-corrected chi connectivity index (χ3v) is 14.2. The van der Waals surface area contributed by atoms with E-state index in [4.69, 9.17) is 14.6 Å². The van der Waals surface area contributed by atoms with Gasteiger partial charge in [0.25, 0.3) is 0 Å². The van der Waals surface area contributed by atoms with Crippen molar-refractivity contribution in [2.45, 2.75) is 81.8 Å². The average molecular weight is 510 g/mol. The number of benzene rings is 1. The minimum atomic E-state index is -1.79. The van der Waals surface area contributed by atoms with E-state index in [0.29, 0.717) is 0 Å². The monoisotopic (exact) mass is 509 g/mol. The first-order valence-electron chi connectivity index (χ1n) is 12.7. The van der Waals surface area contributed by atoms with Crippen molar-refractivity contribution in [1.29, 1.82) is 0 Å². The maximum atomic E-state index is 6.67. The Morgan fingerprint density at radius 1 is 1.09 bits per heavy atom. The van der Waals surface area contributed by atoms with Crippen LogP contribution in [0, 0.1) is 0 Å². The minimum absolute atomic E-state index is 0.000708. The van der Waals surface area contributed by atoms with Crippen LogP contribution >= 0.6 is 11.8 Å². The number of hydrogen-bond donors (Lipinski definition) is 0. The Morgan fingerprint density at radius 3 is 2.40 bits per heavy atom. The van der Waals surface area contributed by atoms with Crippen LogP contribution in [-0.2, 0) is 29.9 Å². The molecule has 35 heavy (non-hydrogen) atoms. The SMILES string of the molecule is Cn1nccc1-c1ccc(C2(c3nnc4n3CCSC(C)(CO[Si](C)(C)C(C)(C)C)C4)CC2)cc1. The predicted octanol–water partition coefficient (Wildman–Crippen LogP) is 5.83. The van der Waals surface area contributed by atoms with Crippen LogP contribution in [0.15, 0.2) is 36.5 Å². The van der Waals surface area contributed by atoms with Crippen LogP contribution in [0.5, 0.6) is 0 Å². The van der Waals surface area contributed by atoms with Crippen LogP contribution in [0.25, 0.3) is 11.3 Å². The Morgan fingerprint density at radius 2 is 1.80 bits per heavy atom. The molecule has 3 heterocycles.